The van der Waals surface area contributed by atoms with Crippen LogP contribution in [0.4, 0.5) is 14.9 Å². The highest BCUT2D eigenvalue weighted by Crippen LogP contribution is 2.30. The first-order valence-corrected chi connectivity index (χ1v) is 10.3. The molecule has 166 valence electrons. The SMILES string of the molecule is CCn1nc(-c2ccc(F)cc2OC)cc1COC(=O)Nc1ccc2c(c1)ncn2CC. The molecule has 32 heavy (non-hydrogen) atoms. The standard InChI is InChI=1S/C23H24FN5O3/c1-4-28-14-25-20-11-16(7-9-21(20)28)26-23(30)32-13-17-12-19(27-29(17)5-2)18-8-6-15(24)10-22(18)31-3/h6-12,14H,4-5,13H2,1-3H3,(H,26,30). The minimum Gasteiger partial charge on any atom is -0.496 e. The number of amides is 1. The summed E-state index contributed by atoms with van der Waals surface area (Å²) in [5.41, 5.74) is 4.38. The number of methoxy groups -OCH3 is 1. The third-order valence-corrected chi connectivity index (χ3v) is 5.16. The highest BCUT2D eigenvalue weighted by molar-refractivity contribution is 5.88. The van der Waals surface area contributed by atoms with E-state index in [0.717, 1.165) is 17.6 Å². The fourth-order valence-corrected chi connectivity index (χ4v) is 3.54. The zero-order valence-electron chi connectivity index (χ0n) is 18.1. The fraction of sp³-hybridized carbons (Fsp3) is 0.261. The lowest BCUT2D eigenvalue weighted by molar-refractivity contribution is 0.151. The van der Waals surface area contributed by atoms with Gasteiger partial charge in [0.25, 0.3) is 0 Å². The molecule has 4 aromatic rings. The molecule has 1 amide bonds. The first kappa shape index (κ1) is 21.4. The van der Waals surface area contributed by atoms with Gasteiger partial charge in [0.05, 0.1) is 35.9 Å². The zero-order valence-corrected chi connectivity index (χ0v) is 18.1. The molecule has 0 saturated heterocycles. The Kier molecular flexibility index (Phi) is 6.07. The van der Waals surface area contributed by atoms with Crippen LogP contribution in [0.15, 0.2) is 48.8 Å². The molecular weight excluding hydrogens is 413 g/mol. The summed E-state index contributed by atoms with van der Waals surface area (Å²) in [6.45, 7) is 5.42. The van der Waals surface area contributed by atoms with Gasteiger partial charge in [0.15, 0.2) is 0 Å². The van der Waals surface area contributed by atoms with E-state index in [9.17, 15) is 9.18 Å². The van der Waals surface area contributed by atoms with Crippen molar-refractivity contribution in [1.29, 1.82) is 0 Å². The lowest BCUT2D eigenvalue weighted by atomic mass is 10.1. The Morgan fingerprint density at radius 3 is 2.72 bits per heavy atom. The molecule has 0 aliphatic heterocycles. The third kappa shape index (κ3) is 4.27. The maximum atomic E-state index is 13.5. The lowest BCUT2D eigenvalue weighted by Gasteiger charge is -2.08. The fourth-order valence-electron chi connectivity index (χ4n) is 3.54. The summed E-state index contributed by atoms with van der Waals surface area (Å²) in [5.74, 6) is -0.00253. The number of hydrogen-bond donors (Lipinski definition) is 1. The lowest BCUT2D eigenvalue weighted by Crippen LogP contribution is -2.15. The number of hydrogen-bond acceptors (Lipinski definition) is 5. The van der Waals surface area contributed by atoms with E-state index in [1.165, 1.54) is 19.2 Å². The Labute approximate surface area is 184 Å². The monoisotopic (exact) mass is 437 g/mol. The van der Waals surface area contributed by atoms with Crippen molar-refractivity contribution in [3.05, 3.63) is 60.3 Å². The molecule has 2 aromatic carbocycles. The van der Waals surface area contributed by atoms with Gasteiger partial charge in [-0.15, -0.1) is 0 Å². The minimum absolute atomic E-state index is 0.0306. The van der Waals surface area contributed by atoms with E-state index in [4.69, 9.17) is 9.47 Å². The van der Waals surface area contributed by atoms with Crippen molar-refractivity contribution in [3.63, 3.8) is 0 Å². The van der Waals surface area contributed by atoms with Crippen molar-refractivity contribution in [1.82, 2.24) is 19.3 Å². The molecule has 2 aromatic heterocycles. The molecule has 0 aliphatic rings. The number of ether oxygens (including phenoxy) is 2. The summed E-state index contributed by atoms with van der Waals surface area (Å²) in [6.07, 6.45) is 1.19. The normalized spacial score (nSPS) is 11.0. The quantitative estimate of drug-likeness (QED) is 0.448. The number of aryl methyl sites for hydroxylation is 2. The molecule has 0 unspecified atom stereocenters. The highest BCUT2D eigenvalue weighted by Gasteiger charge is 2.15. The van der Waals surface area contributed by atoms with Crippen molar-refractivity contribution in [2.75, 3.05) is 12.4 Å². The molecule has 4 rings (SSSR count). The second-order valence-corrected chi connectivity index (χ2v) is 7.12. The van der Waals surface area contributed by atoms with Crippen LogP contribution in [0.3, 0.4) is 0 Å². The second-order valence-electron chi connectivity index (χ2n) is 7.12. The maximum absolute atomic E-state index is 13.5. The smallest absolute Gasteiger partial charge is 0.412 e. The molecule has 0 bridgehead atoms. The number of nitrogens with one attached hydrogen (secondary N) is 1. The van der Waals surface area contributed by atoms with Gasteiger partial charge in [-0.3, -0.25) is 10.00 Å². The summed E-state index contributed by atoms with van der Waals surface area (Å²) < 4.78 is 28.0. The van der Waals surface area contributed by atoms with Gasteiger partial charge in [0, 0.05) is 30.4 Å². The van der Waals surface area contributed by atoms with Gasteiger partial charge in [-0.1, -0.05) is 0 Å². The van der Waals surface area contributed by atoms with Crippen LogP contribution >= 0.6 is 0 Å². The van der Waals surface area contributed by atoms with Gasteiger partial charge in [-0.25, -0.2) is 14.2 Å². The summed E-state index contributed by atoms with van der Waals surface area (Å²) in [4.78, 5) is 16.7. The summed E-state index contributed by atoms with van der Waals surface area (Å²) in [7, 11) is 1.48. The van der Waals surface area contributed by atoms with E-state index < -0.39 is 6.09 Å². The number of fused-ring (bicyclic) bond motifs is 1. The molecule has 1 N–H and O–H groups in total. The molecular formula is C23H24FN5O3. The number of anilines is 1. The van der Waals surface area contributed by atoms with Crippen LogP contribution in [-0.2, 0) is 24.4 Å². The molecule has 0 aliphatic carbocycles. The molecule has 2 heterocycles. The number of carbonyl (C=O) groups is 1. The van der Waals surface area contributed by atoms with Crippen molar-refractivity contribution in [3.8, 4) is 17.0 Å². The van der Waals surface area contributed by atoms with Crippen LogP contribution in [0.1, 0.15) is 19.5 Å². The molecule has 0 saturated carbocycles. The maximum Gasteiger partial charge on any atom is 0.412 e. The van der Waals surface area contributed by atoms with Crippen molar-refractivity contribution in [2.24, 2.45) is 0 Å². The van der Waals surface area contributed by atoms with E-state index in [-0.39, 0.29) is 12.4 Å². The number of aromatic nitrogens is 4. The summed E-state index contributed by atoms with van der Waals surface area (Å²) in [5, 5.41) is 7.27. The second kappa shape index (κ2) is 9.09. The number of imidazole rings is 1. The first-order valence-electron chi connectivity index (χ1n) is 10.3. The zero-order chi connectivity index (χ0) is 22.7. The van der Waals surface area contributed by atoms with Crippen LogP contribution < -0.4 is 10.1 Å². The van der Waals surface area contributed by atoms with Crippen molar-refractivity contribution >= 4 is 22.8 Å². The Bertz CT molecular complexity index is 1260. The number of halogens is 1. The van der Waals surface area contributed by atoms with Crippen molar-refractivity contribution < 1.29 is 18.7 Å². The van der Waals surface area contributed by atoms with Crippen LogP contribution in [-0.4, -0.2) is 32.5 Å². The molecule has 0 fully saturated rings. The summed E-state index contributed by atoms with van der Waals surface area (Å²) in [6, 6.07) is 11.6. The van der Waals surface area contributed by atoms with Gasteiger partial charge in [0.2, 0.25) is 0 Å². The van der Waals surface area contributed by atoms with Crippen LogP contribution in [0.5, 0.6) is 5.75 Å². The topological polar surface area (TPSA) is 83.2 Å². The molecule has 0 radical (unpaired) electrons. The van der Waals surface area contributed by atoms with Gasteiger partial charge in [-0.2, -0.15) is 5.10 Å². The van der Waals surface area contributed by atoms with E-state index >= 15 is 0 Å². The van der Waals surface area contributed by atoms with Gasteiger partial charge >= 0.3 is 6.09 Å². The Balaban J connectivity index is 1.46. The number of benzene rings is 2. The average molecular weight is 437 g/mol. The Morgan fingerprint density at radius 2 is 1.97 bits per heavy atom. The summed E-state index contributed by atoms with van der Waals surface area (Å²) >= 11 is 0. The molecule has 8 nitrogen and oxygen atoms in total. The van der Waals surface area contributed by atoms with Crippen LogP contribution in [0.2, 0.25) is 0 Å². The van der Waals surface area contributed by atoms with Crippen molar-refractivity contribution in [2.45, 2.75) is 33.5 Å². The number of rotatable bonds is 7. The predicted octanol–water partition coefficient (Wildman–Crippen LogP) is 4.84. The van der Waals surface area contributed by atoms with Gasteiger partial charge in [0.1, 0.15) is 18.2 Å². The molecule has 9 heteroatoms. The average Bonchev–Trinajstić information content (AvgIpc) is 3.40. The number of carbonyl (C=O) groups excluding carboxylic acids is 1. The Hall–Kier alpha value is -3.88. The Morgan fingerprint density at radius 1 is 1.12 bits per heavy atom. The van der Waals surface area contributed by atoms with E-state index in [0.29, 0.717) is 34.9 Å². The van der Waals surface area contributed by atoms with E-state index in [2.05, 4.69) is 15.4 Å². The number of nitrogens with zero attached hydrogens (tertiary/aromatic N) is 4. The predicted molar refractivity (Wildman–Crippen MR) is 119 cm³/mol. The minimum atomic E-state index is -0.580. The largest absolute Gasteiger partial charge is 0.496 e. The molecule has 0 spiro atoms. The van der Waals surface area contributed by atoms with Gasteiger partial charge in [-0.05, 0) is 50.2 Å². The van der Waals surface area contributed by atoms with Crippen LogP contribution in [0.25, 0.3) is 22.3 Å². The first-order chi connectivity index (χ1) is 15.5. The van der Waals surface area contributed by atoms with E-state index in [1.807, 2.05) is 30.5 Å². The third-order valence-electron chi connectivity index (χ3n) is 5.16. The highest BCUT2D eigenvalue weighted by atomic mass is 19.1. The van der Waals surface area contributed by atoms with E-state index in [1.54, 1.807) is 29.2 Å². The van der Waals surface area contributed by atoms with Crippen LogP contribution in [0, 0.1) is 5.82 Å². The molecule has 0 atom stereocenters. The van der Waals surface area contributed by atoms with Gasteiger partial charge < -0.3 is 14.0 Å².